The van der Waals surface area contributed by atoms with Crippen LogP contribution in [0.1, 0.15) is 27.7 Å². The van der Waals surface area contributed by atoms with Crippen LogP contribution >= 0.6 is 0 Å². The molecule has 0 rings (SSSR count). The standard InChI is InChI=1S/C9H15FO/c1-6-9(10,11)7(2)8(3,4)5/h1,7,11H,2-5H3/t7-,9?/m1/s1. The van der Waals surface area contributed by atoms with Gasteiger partial charge in [0.05, 0.1) is 0 Å². The summed E-state index contributed by atoms with van der Waals surface area (Å²) >= 11 is 0. The van der Waals surface area contributed by atoms with Crippen LogP contribution in [0.3, 0.4) is 0 Å². The smallest absolute Gasteiger partial charge is 0.272 e. The van der Waals surface area contributed by atoms with Crippen molar-refractivity contribution in [2.24, 2.45) is 11.3 Å². The van der Waals surface area contributed by atoms with Gasteiger partial charge in [-0.3, -0.25) is 0 Å². The molecule has 0 aromatic heterocycles. The Kier molecular flexibility index (Phi) is 2.69. The maximum Gasteiger partial charge on any atom is 0.272 e. The topological polar surface area (TPSA) is 20.2 Å². The fourth-order valence-corrected chi connectivity index (χ4v) is 0.699. The predicted octanol–water partition coefficient (Wildman–Crippen LogP) is 1.96. The summed E-state index contributed by atoms with van der Waals surface area (Å²) in [6, 6.07) is 0. The van der Waals surface area contributed by atoms with Crippen molar-refractivity contribution in [1.29, 1.82) is 0 Å². The Bertz CT molecular complexity index is 171. The molecule has 0 aliphatic rings. The predicted molar refractivity (Wildman–Crippen MR) is 43.5 cm³/mol. The first-order valence-corrected chi connectivity index (χ1v) is 3.61. The van der Waals surface area contributed by atoms with Crippen LogP contribution in [0, 0.1) is 23.7 Å². The van der Waals surface area contributed by atoms with E-state index in [1.807, 2.05) is 20.8 Å². The molecule has 0 fully saturated rings. The fraction of sp³-hybridized carbons (Fsp3) is 0.778. The summed E-state index contributed by atoms with van der Waals surface area (Å²) in [5, 5.41) is 9.02. The molecular weight excluding hydrogens is 143 g/mol. The van der Waals surface area contributed by atoms with Crippen molar-refractivity contribution in [3.63, 3.8) is 0 Å². The molecule has 2 heteroatoms. The number of hydrogen-bond donors (Lipinski definition) is 1. The van der Waals surface area contributed by atoms with E-state index >= 15 is 0 Å². The Balaban J connectivity index is 4.52. The molecule has 0 heterocycles. The van der Waals surface area contributed by atoms with Gasteiger partial charge in [-0.25, -0.2) is 0 Å². The molecule has 0 amide bonds. The number of hydrogen-bond acceptors (Lipinski definition) is 1. The zero-order valence-corrected chi connectivity index (χ0v) is 7.48. The van der Waals surface area contributed by atoms with Gasteiger partial charge < -0.3 is 5.11 Å². The van der Waals surface area contributed by atoms with E-state index in [0.29, 0.717) is 0 Å². The molecule has 2 atom stereocenters. The summed E-state index contributed by atoms with van der Waals surface area (Å²) in [5.74, 6) is -1.32. The van der Waals surface area contributed by atoms with E-state index in [1.54, 1.807) is 12.8 Å². The SMILES string of the molecule is C#CC(O)(F)[C@H](C)C(C)(C)C. The zero-order valence-electron chi connectivity index (χ0n) is 7.48. The van der Waals surface area contributed by atoms with Crippen LogP contribution in [0.5, 0.6) is 0 Å². The van der Waals surface area contributed by atoms with Crippen molar-refractivity contribution < 1.29 is 9.50 Å². The lowest BCUT2D eigenvalue weighted by Crippen LogP contribution is -2.37. The van der Waals surface area contributed by atoms with Gasteiger partial charge in [0, 0.05) is 5.92 Å². The average Bonchev–Trinajstić information content (AvgIpc) is 1.84. The summed E-state index contributed by atoms with van der Waals surface area (Å²) < 4.78 is 13.0. The molecular formula is C9H15FO. The van der Waals surface area contributed by atoms with Crippen LogP contribution in [-0.4, -0.2) is 11.0 Å². The largest absolute Gasteiger partial charge is 0.352 e. The van der Waals surface area contributed by atoms with E-state index in [1.165, 1.54) is 0 Å². The van der Waals surface area contributed by atoms with Crippen LogP contribution < -0.4 is 0 Å². The molecule has 0 radical (unpaired) electrons. The molecule has 0 aromatic rings. The number of alkyl halides is 1. The van der Waals surface area contributed by atoms with Crippen LogP contribution in [-0.2, 0) is 0 Å². The summed E-state index contributed by atoms with van der Waals surface area (Å²) in [6.07, 6.45) is 4.83. The Hall–Kier alpha value is -0.550. The summed E-state index contributed by atoms with van der Waals surface area (Å²) in [7, 11) is 0. The molecule has 0 saturated carbocycles. The maximum absolute atomic E-state index is 13.0. The summed E-state index contributed by atoms with van der Waals surface area (Å²) in [4.78, 5) is 0. The Labute approximate surface area is 67.6 Å². The molecule has 1 unspecified atom stereocenters. The zero-order chi connectivity index (χ0) is 9.28. The van der Waals surface area contributed by atoms with Crippen molar-refractivity contribution in [3.8, 4) is 12.3 Å². The lowest BCUT2D eigenvalue weighted by molar-refractivity contribution is -0.108. The van der Waals surface area contributed by atoms with E-state index in [0.717, 1.165) is 0 Å². The van der Waals surface area contributed by atoms with Gasteiger partial charge in [0.25, 0.3) is 5.85 Å². The maximum atomic E-state index is 13.0. The molecule has 0 aliphatic heterocycles. The second-order valence-electron chi connectivity index (χ2n) is 3.91. The molecule has 0 aromatic carbocycles. The van der Waals surface area contributed by atoms with Gasteiger partial charge in [-0.2, -0.15) is 4.39 Å². The van der Waals surface area contributed by atoms with Gasteiger partial charge in [-0.15, -0.1) is 6.42 Å². The normalized spacial score (nSPS) is 20.1. The fourth-order valence-electron chi connectivity index (χ4n) is 0.699. The monoisotopic (exact) mass is 158 g/mol. The van der Waals surface area contributed by atoms with Crippen molar-refractivity contribution >= 4 is 0 Å². The van der Waals surface area contributed by atoms with Gasteiger partial charge in [-0.05, 0) is 11.3 Å². The minimum atomic E-state index is -2.49. The van der Waals surface area contributed by atoms with E-state index in [4.69, 9.17) is 11.5 Å². The Morgan fingerprint density at radius 3 is 1.91 bits per heavy atom. The third kappa shape index (κ3) is 2.51. The second kappa shape index (κ2) is 2.83. The van der Waals surface area contributed by atoms with Crippen LogP contribution in [0.25, 0.3) is 0 Å². The first-order chi connectivity index (χ1) is 4.72. The highest BCUT2D eigenvalue weighted by molar-refractivity contribution is 5.05. The molecule has 0 aliphatic carbocycles. The summed E-state index contributed by atoms with van der Waals surface area (Å²) in [5.41, 5.74) is -0.324. The number of terminal acetylenes is 1. The van der Waals surface area contributed by atoms with Crippen molar-refractivity contribution in [2.75, 3.05) is 0 Å². The molecule has 1 nitrogen and oxygen atoms in total. The average molecular weight is 158 g/mol. The summed E-state index contributed by atoms with van der Waals surface area (Å²) in [6.45, 7) is 7.10. The molecule has 11 heavy (non-hydrogen) atoms. The number of halogens is 1. The Morgan fingerprint density at radius 1 is 1.45 bits per heavy atom. The van der Waals surface area contributed by atoms with Crippen molar-refractivity contribution in [2.45, 2.75) is 33.5 Å². The highest BCUT2D eigenvalue weighted by Crippen LogP contribution is 2.34. The molecule has 0 saturated heterocycles. The van der Waals surface area contributed by atoms with Crippen LogP contribution in [0.2, 0.25) is 0 Å². The first kappa shape index (κ1) is 10.4. The van der Waals surface area contributed by atoms with E-state index in [2.05, 4.69) is 0 Å². The molecule has 0 spiro atoms. The van der Waals surface area contributed by atoms with Crippen molar-refractivity contribution in [3.05, 3.63) is 0 Å². The van der Waals surface area contributed by atoms with Gasteiger partial charge >= 0.3 is 0 Å². The molecule has 1 N–H and O–H groups in total. The highest BCUT2D eigenvalue weighted by atomic mass is 19.2. The molecule has 0 bridgehead atoms. The van der Waals surface area contributed by atoms with Gasteiger partial charge in [0.1, 0.15) is 0 Å². The number of aliphatic hydroxyl groups is 1. The highest BCUT2D eigenvalue weighted by Gasteiger charge is 2.39. The third-order valence-electron chi connectivity index (χ3n) is 2.08. The quantitative estimate of drug-likeness (QED) is 0.578. The van der Waals surface area contributed by atoms with E-state index in [-0.39, 0.29) is 5.41 Å². The van der Waals surface area contributed by atoms with Crippen LogP contribution in [0.15, 0.2) is 0 Å². The second-order valence-corrected chi connectivity index (χ2v) is 3.91. The van der Waals surface area contributed by atoms with Crippen molar-refractivity contribution in [1.82, 2.24) is 0 Å². The third-order valence-corrected chi connectivity index (χ3v) is 2.08. The van der Waals surface area contributed by atoms with Gasteiger partial charge in [0.15, 0.2) is 0 Å². The first-order valence-electron chi connectivity index (χ1n) is 3.61. The Morgan fingerprint density at radius 2 is 1.82 bits per heavy atom. The minimum Gasteiger partial charge on any atom is -0.352 e. The lowest BCUT2D eigenvalue weighted by atomic mass is 9.78. The molecule has 64 valence electrons. The van der Waals surface area contributed by atoms with E-state index in [9.17, 15) is 4.39 Å². The van der Waals surface area contributed by atoms with Gasteiger partial charge in [-0.1, -0.05) is 27.7 Å². The van der Waals surface area contributed by atoms with E-state index < -0.39 is 11.8 Å². The van der Waals surface area contributed by atoms with Crippen LogP contribution in [0.4, 0.5) is 4.39 Å². The number of rotatable bonds is 1. The minimum absolute atomic E-state index is 0.324. The van der Waals surface area contributed by atoms with Gasteiger partial charge in [0.2, 0.25) is 0 Å². The lowest BCUT2D eigenvalue weighted by Gasteiger charge is -2.32.